The molecule has 0 radical (unpaired) electrons. The number of halogens is 1. The van der Waals surface area contributed by atoms with E-state index in [2.05, 4.69) is 48.1 Å². The number of fused-ring (bicyclic) bond motifs is 2. The molecule has 0 spiro atoms. The van der Waals surface area contributed by atoms with Crippen LogP contribution < -0.4 is 4.74 Å². The van der Waals surface area contributed by atoms with Crippen LogP contribution in [-0.2, 0) is 0 Å². The molecule has 7 heteroatoms. The average molecular weight is 457 g/mol. The van der Waals surface area contributed by atoms with Crippen molar-refractivity contribution >= 4 is 45.7 Å². The Bertz CT molecular complexity index is 721. The predicted octanol–water partition coefficient (Wildman–Crippen LogP) is 3.60. The Balaban J connectivity index is 1.42. The van der Waals surface area contributed by atoms with E-state index >= 15 is 0 Å². The number of hydrogen-bond acceptors (Lipinski definition) is 6. The van der Waals surface area contributed by atoms with Crippen molar-refractivity contribution < 1.29 is 4.74 Å². The van der Waals surface area contributed by atoms with Gasteiger partial charge in [-0.2, -0.15) is 4.37 Å². The van der Waals surface area contributed by atoms with E-state index in [1.807, 2.05) is 17.5 Å². The molecule has 2 fully saturated rings. The molecule has 0 aliphatic carbocycles. The predicted molar refractivity (Wildman–Crippen MR) is 101 cm³/mol. The van der Waals surface area contributed by atoms with Crippen molar-refractivity contribution in [3.8, 4) is 17.7 Å². The van der Waals surface area contributed by atoms with Gasteiger partial charge in [-0.15, -0.1) is 15.7 Å². The van der Waals surface area contributed by atoms with Crippen LogP contribution in [0.4, 0.5) is 0 Å². The first-order valence-electron chi connectivity index (χ1n) is 7.67. The molecule has 4 rings (SSSR count). The van der Waals surface area contributed by atoms with E-state index < -0.39 is 0 Å². The van der Waals surface area contributed by atoms with Gasteiger partial charge in [0, 0.05) is 19.0 Å². The molecule has 23 heavy (non-hydrogen) atoms. The molecular formula is C16H16IN3OS2. The van der Waals surface area contributed by atoms with Gasteiger partial charge in [0.25, 0.3) is 0 Å². The van der Waals surface area contributed by atoms with Crippen LogP contribution in [0.1, 0.15) is 29.3 Å². The second-order valence-corrected chi connectivity index (χ2v) is 8.77. The molecule has 4 atom stereocenters. The summed E-state index contributed by atoms with van der Waals surface area (Å²) in [5.41, 5.74) is 1.05. The molecule has 2 aromatic rings. The van der Waals surface area contributed by atoms with Crippen LogP contribution in [-0.4, -0.2) is 37.4 Å². The maximum Gasteiger partial charge on any atom is 0.250 e. The lowest BCUT2D eigenvalue weighted by Gasteiger charge is -2.27. The van der Waals surface area contributed by atoms with E-state index in [0.29, 0.717) is 28.4 Å². The maximum absolute atomic E-state index is 5.81. The number of aromatic nitrogens is 2. The molecular weight excluding hydrogens is 441 g/mol. The van der Waals surface area contributed by atoms with Crippen molar-refractivity contribution in [2.45, 2.75) is 22.8 Å². The third-order valence-corrected chi connectivity index (χ3v) is 7.21. The van der Waals surface area contributed by atoms with E-state index in [0.717, 1.165) is 17.1 Å². The number of piperidine rings is 1. The van der Waals surface area contributed by atoms with Crippen LogP contribution in [0.5, 0.6) is 5.88 Å². The average Bonchev–Trinajstić information content (AvgIpc) is 3.28. The van der Waals surface area contributed by atoms with E-state index in [1.54, 1.807) is 11.3 Å². The zero-order valence-corrected chi connectivity index (χ0v) is 16.2. The van der Waals surface area contributed by atoms with Gasteiger partial charge >= 0.3 is 0 Å². The van der Waals surface area contributed by atoms with E-state index in [9.17, 15) is 0 Å². The normalized spacial score (nSPS) is 29.1. The topological polar surface area (TPSA) is 38.2 Å². The van der Waals surface area contributed by atoms with Crippen LogP contribution in [0, 0.1) is 17.8 Å². The van der Waals surface area contributed by atoms with Gasteiger partial charge in [-0.25, -0.2) is 0 Å². The van der Waals surface area contributed by atoms with Gasteiger partial charge in [-0.1, -0.05) is 40.5 Å². The first-order chi connectivity index (χ1) is 11.3. The number of thiophene rings is 1. The van der Waals surface area contributed by atoms with Gasteiger partial charge in [0.15, 0.2) is 6.61 Å². The summed E-state index contributed by atoms with van der Waals surface area (Å²) in [5, 5.41) is 2.03. The van der Waals surface area contributed by atoms with E-state index in [-0.39, 0.29) is 0 Å². The molecule has 4 nitrogen and oxygen atoms in total. The summed E-state index contributed by atoms with van der Waals surface area (Å²) in [5.74, 6) is 8.03. The summed E-state index contributed by atoms with van der Waals surface area (Å²) >= 11 is 5.45. The van der Waals surface area contributed by atoms with Gasteiger partial charge in [-0.3, -0.25) is 4.90 Å². The number of hydrogen-bond donors (Lipinski definition) is 0. The third kappa shape index (κ3) is 3.40. The molecule has 0 aromatic carbocycles. The monoisotopic (exact) mass is 457 g/mol. The molecule has 0 saturated carbocycles. The zero-order valence-electron chi connectivity index (χ0n) is 12.4. The number of alkyl halides is 1. The van der Waals surface area contributed by atoms with Gasteiger partial charge in [0.05, 0.1) is 20.7 Å². The molecule has 0 amide bonds. The van der Waals surface area contributed by atoms with Gasteiger partial charge < -0.3 is 4.74 Å². The van der Waals surface area contributed by atoms with E-state index in [4.69, 9.17) is 4.74 Å². The second-order valence-electron chi connectivity index (χ2n) is 5.85. The van der Waals surface area contributed by atoms with Gasteiger partial charge in [0.2, 0.25) is 5.88 Å². The number of nitrogens with zero attached hydrogens (tertiary/aromatic N) is 3. The molecule has 0 N–H and O–H groups in total. The molecule has 120 valence electrons. The molecule has 2 aliphatic heterocycles. The fourth-order valence-electron chi connectivity index (χ4n) is 3.36. The second kappa shape index (κ2) is 7.05. The first kappa shape index (κ1) is 15.8. The number of rotatable bonds is 3. The molecule has 2 aliphatic rings. The highest BCUT2D eigenvalue weighted by atomic mass is 127. The third-order valence-electron chi connectivity index (χ3n) is 4.49. The van der Waals surface area contributed by atoms with Crippen molar-refractivity contribution in [2.24, 2.45) is 5.92 Å². The van der Waals surface area contributed by atoms with E-state index in [1.165, 1.54) is 31.1 Å². The van der Waals surface area contributed by atoms with Crippen LogP contribution >= 0.6 is 45.7 Å². The highest BCUT2D eigenvalue weighted by Gasteiger charge is 2.42. The highest BCUT2D eigenvalue weighted by molar-refractivity contribution is 14.1. The molecule has 4 unspecified atom stereocenters. The van der Waals surface area contributed by atoms with Gasteiger partial charge in [0.1, 0.15) is 5.69 Å². The van der Waals surface area contributed by atoms with Crippen molar-refractivity contribution in [1.82, 2.24) is 13.6 Å². The van der Waals surface area contributed by atoms with Crippen molar-refractivity contribution in [1.29, 1.82) is 0 Å². The minimum Gasteiger partial charge on any atom is -0.463 e. The summed E-state index contributed by atoms with van der Waals surface area (Å²) in [7, 11) is 0. The van der Waals surface area contributed by atoms with Crippen LogP contribution in [0.2, 0.25) is 0 Å². The lowest BCUT2D eigenvalue weighted by atomic mass is 9.89. The molecule has 4 heterocycles. The minimum absolute atomic E-state index is 0.367. The fourth-order valence-corrected chi connectivity index (χ4v) is 5.33. The smallest absolute Gasteiger partial charge is 0.250 e. The Kier molecular flexibility index (Phi) is 4.85. The highest BCUT2D eigenvalue weighted by Crippen LogP contribution is 2.44. The quantitative estimate of drug-likeness (QED) is 0.306. The molecule has 2 bridgehead atoms. The molecule has 2 saturated heterocycles. The molecule has 2 aromatic heterocycles. The Labute approximate surface area is 157 Å². The summed E-state index contributed by atoms with van der Waals surface area (Å²) in [6.07, 6.45) is 2.56. The summed E-state index contributed by atoms with van der Waals surface area (Å²) in [4.78, 5) is 3.63. The maximum atomic E-state index is 5.81. The number of ether oxygens (including phenoxy) is 1. The Hall–Kier alpha value is -0.690. The fraction of sp³-hybridized carbons (Fsp3) is 0.500. The summed E-state index contributed by atoms with van der Waals surface area (Å²) in [6.45, 7) is 2.64. The van der Waals surface area contributed by atoms with Gasteiger partial charge in [-0.05, 0) is 30.2 Å². The Morgan fingerprint density at radius 3 is 3.13 bits per heavy atom. The Morgan fingerprint density at radius 1 is 1.35 bits per heavy atom. The van der Waals surface area contributed by atoms with Crippen molar-refractivity contribution in [3.63, 3.8) is 0 Å². The van der Waals surface area contributed by atoms with Crippen molar-refractivity contribution in [3.05, 3.63) is 28.1 Å². The standard InChI is InChI=1S/C16H16IN3OS2/c17-14-6-5-11-9-20(14)10-13(11)15-16(19-23-18-15)21-7-1-3-12-4-2-8-22-12/h2,4,8,11,13-14H,5-7,9-10H2. The largest absolute Gasteiger partial charge is 0.463 e. The summed E-state index contributed by atoms with van der Waals surface area (Å²) in [6, 6.07) is 4.02. The summed E-state index contributed by atoms with van der Waals surface area (Å²) < 4.78 is 15.4. The lowest BCUT2D eigenvalue weighted by molar-refractivity contribution is 0.256. The minimum atomic E-state index is 0.367. The first-order valence-corrected chi connectivity index (χ1v) is 10.5. The van der Waals surface area contributed by atoms with Crippen LogP contribution in [0.15, 0.2) is 17.5 Å². The Morgan fingerprint density at radius 2 is 2.30 bits per heavy atom. The van der Waals surface area contributed by atoms with Crippen LogP contribution in [0.25, 0.3) is 0 Å². The van der Waals surface area contributed by atoms with Crippen LogP contribution in [0.3, 0.4) is 0 Å². The van der Waals surface area contributed by atoms with Crippen molar-refractivity contribution in [2.75, 3.05) is 19.7 Å². The lowest BCUT2D eigenvalue weighted by Crippen LogP contribution is -2.32. The zero-order chi connectivity index (χ0) is 15.6. The SMILES string of the molecule is IC1CCC2CN1CC2c1nsnc1OCC#Cc1cccs1.